The maximum atomic E-state index is 13.1. The first-order valence-electron chi connectivity index (χ1n) is 12.4. The van der Waals surface area contributed by atoms with E-state index in [1.165, 1.54) is 0 Å². The van der Waals surface area contributed by atoms with Crippen LogP contribution in [0.15, 0.2) is 78.4 Å². The van der Waals surface area contributed by atoms with E-state index in [1.807, 2.05) is 32.9 Å². The number of rotatable bonds is 8. The number of hydrogen-bond donors (Lipinski definition) is 2. The number of allylic oxidation sites excluding steroid dienone is 1. The quantitative estimate of drug-likeness (QED) is 0.306. The molecule has 0 aliphatic heterocycles. The zero-order chi connectivity index (χ0) is 28.0. The molecule has 39 heavy (non-hydrogen) atoms. The SMILES string of the molecule is C=C(C)NCc1ccc(S(=O)(=O)Nc2cc(C#Cc3c(CC)ncnc3-c3ccnc(C)c3)cnc2C)cc1. The molecule has 4 rings (SSSR count). The Bertz CT molecular complexity index is 1690. The van der Waals surface area contributed by atoms with E-state index in [0.29, 0.717) is 29.9 Å². The van der Waals surface area contributed by atoms with Crippen molar-refractivity contribution in [2.45, 2.75) is 45.6 Å². The van der Waals surface area contributed by atoms with Gasteiger partial charge in [-0.05, 0) is 63.1 Å². The van der Waals surface area contributed by atoms with Crippen LogP contribution >= 0.6 is 0 Å². The topological polar surface area (TPSA) is 110 Å². The van der Waals surface area contributed by atoms with E-state index in [4.69, 9.17) is 0 Å². The highest BCUT2D eigenvalue weighted by Gasteiger charge is 2.16. The second-order valence-electron chi connectivity index (χ2n) is 9.07. The smallest absolute Gasteiger partial charge is 0.261 e. The van der Waals surface area contributed by atoms with E-state index >= 15 is 0 Å². The predicted molar refractivity (Wildman–Crippen MR) is 153 cm³/mol. The lowest BCUT2D eigenvalue weighted by atomic mass is 10.0. The van der Waals surface area contributed by atoms with Crippen molar-refractivity contribution >= 4 is 15.7 Å². The summed E-state index contributed by atoms with van der Waals surface area (Å²) in [7, 11) is -3.83. The number of aryl methyl sites for hydroxylation is 3. The first kappa shape index (κ1) is 27.5. The molecule has 3 aromatic heterocycles. The minimum atomic E-state index is -3.83. The van der Waals surface area contributed by atoms with Crippen molar-refractivity contribution in [2.75, 3.05) is 4.72 Å². The van der Waals surface area contributed by atoms with Crippen molar-refractivity contribution in [3.8, 4) is 23.1 Å². The molecule has 0 saturated heterocycles. The van der Waals surface area contributed by atoms with Crippen LogP contribution in [0.1, 0.15) is 47.6 Å². The van der Waals surface area contributed by atoms with Gasteiger partial charge in [0.2, 0.25) is 0 Å². The molecule has 198 valence electrons. The van der Waals surface area contributed by atoms with E-state index in [9.17, 15) is 8.42 Å². The standard InChI is InChI=1S/C30H30N6O2S/c1-6-28-27(30(35-19-34-28)25-13-14-31-21(4)15-25)12-9-24-16-29(22(5)33-18-24)36-39(37,38)26-10-7-23(8-11-26)17-32-20(2)3/h7-8,10-11,13-16,18-19,32,36H,2,6,17H2,1,3-5H3. The van der Waals surface area contributed by atoms with Crippen LogP contribution in [-0.4, -0.2) is 28.4 Å². The molecule has 9 heteroatoms. The summed E-state index contributed by atoms with van der Waals surface area (Å²) in [6.45, 7) is 11.9. The van der Waals surface area contributed by atoms with Crippen molar-refractivity contribution < 1.29 is 8.42 Å². The van der Waals surface area contributed by atoms with Crippen LogP contribution in [0, 0.1) is 25.7 Å². The van der Waals surface area contributed by atoms with Crippen molar-refractivity contribution in [3.63, 3.8) is 0 Å². The molecule has 0 unspecified atom stereocenters. The zero-order valence-electron chi connectivity index (χ0n) is 22.4. The number of sulfonamides is 1. The summed E-state index contributed by atoms with van der Waals surface area (Å²) in [5.74, 6) is 6.34. The Balaban J connectivity index is 1.63. The van der Waals surface area contributed by atoms with Crippen LogP contribution in [0.2, 0.25) is 0 Å². The molecule has 3 heterocycles. The highest BCUT2D eigenvalue weighted by Crippen LogP contribution is 2.24. The molecule has 0 fully saturated rings. The first-order valence-corrected chi connectivity index (χ1v) is 13.9. The van der Waals surface area contributed by atoms with Crippen molar-refractivity contribution in [1.82, 2.24) is 25.3 Å². The molecule has 0 atom stereocenters. The van der Waals surface area contributed by atoms with Crippen molar-refractivity contribution in [1.29, 1.82) is 0 Å². The van der Waals surface area contributed by atoms with Gasteiger partial charge in [0.05, 0.1) is 33.2 Å². The third kappa shape index (κ3) is 6.86. The summed E-state index contributed by atoms with van der Waals surface area (Å²) in [6.07, 6.45) is 5.58. The molecule has 1 aromatic carbocycles. The van der Waals surface area contributed by atoms with Crippen LogP contribution in [0.4, 0.5) is 5.69 Å². The predicted octanol–water partition coefficient (Wildman–Crippen LogP) is 4.94. The summed E-state index contributed by atoms with van der Waals surface area (Å²) in [6, 6.07) is 12.2. The van der Waals surface area contributed by atoms with Gasteiger partial charge in [-0.15, -0.1) is 0 Å². The molecular weight excluding hydrogens is 508 g/mol. The van der Waals surface area contributed by atoms with Gasteiger partial charge in [0.15, 0.2) is 0 Å². The number of aromatic nitrogens is 4. The molecule has 0 saturated carbocycles. The first-order chi connectivity index (χ1) is 18.7. The lowest BCUT2D eigenvalue weighted by molar-refractivity contribution is 0.601. The molecule has 0 aliphatic carbocycles. The molecule has 0 amide bonds. The fraction of sp³-hybridized carbons (Fsp3) is 0.200. The lowest BCUT2D eigenvalue weighted by Crippen LogP contribution is -2.15. The number of anilines is 1. The summed E-state index contributed by atoms with van der Waals surface area (Å²) >= 11 is 0. The van der Waals surface area contributed by atoms with Crippen molar-refractivity contribution in [2.24, 2.45) is 0 Å². The van der Waals surface area contributed by atoms with E-state index in [1.54, 1.807) is 56.0 Å². The highest BCUT2D eigenvalue weighted by molar-refractivity contribution is 7.92. The van der Waals surface area contributed by atoms with Crippen LogP contribution < -0.4 is 10.0 Å². The number of benzene rings is 1. The Morgan fingerprint density at radius 2 is 1.77 bits per heavy atom. The summed E-state index contributed by atoms with van der Waals surface area (Å²) in [5.41, 5.74) is 7.29. The Hall–Kier alpha value is -4.55. The van der Waals surface area contributed by atoms with Gasteiger partial charge < -0.3 is 5.32 Å². The molecule has 0 spiro atoms. The normalized spacial score (nSPS) is 10.9. The lowest BCUT2D eigenvalue weighted by Gasteiger charge is -2.11. The summed E-state index contributed by atoms with van der Waals surface area (Å²) in [5, 5.41) is 3.13. The average Bonchev–Trinajstić information content (AvgIpc) is 2.92. The Labute approximate surface area is 229 Å². The fourth-order valence-electron chi connectivity index (χ4n) is 3.82. The number of hydrogen-bond acceptors (Lipinski definition) is 7. The average molecular weight is 539 g/mol. The van der Waals surface area contributed by atoms with E-state index in [0.717, 1.165) is 39.5 Å². The van der Waals surface area contributed by atoms with Crippen LogP contribution in [0.3, 0.4) is 0 Å². The van der Waals surface area contributed by atoms with Crippen LogP contribution in [0.25, 0.3) is 11.3 Å². The van der Waals surface area contributed by atoms with Gasteiger partial charge in [0.25, 0.3) is 10.0 Å². The maximum Gasteiger partial charge on any atom is 0.261 e. The molecule has 4 aromatic rings. The number of pyridine rings is 2. The third-order valence-electron chi connectivity index (χ3n) is 5.92. The van der Waals surface area contributed by atoms with Gasteiger partial charge in [-0.1, -0.05) is 37.5 Å². The highest BCUT2D eigenvalue weighted by atomic mass is 32.2. The van der Waals surface area contributed by atoms with Gasteiger partial charge in [-0.2, -0.15) is 0 Å². The second-order valence-corrected chi connectivity index (χ2v) is 10.8. The maximum absolute atomic E-state index is 13.1. The molecule has 0 bridgehead atoms. The number of nitrogens with one attached hydrogen (secondary N) is 2. The molecule has 2 N–H and O–H groups in total. The van der Waals surface area contributed by atoms with Crippen molar-refractivity contribution in [3.05, 3.63) is 107 Å². The van der Waals surface area contributed by atoms with Crippen LogP contribution in [0.5, 0.6) is 0 Å². The molecular formula is C30H30N6O2S. The Morgan fingerprint density at radius 1 is 1.00 bits per heavy atom. The monoisotopic (exact) mass is 538 g/mol. The Morgan fingerprint density at radius 3 is 2.46 bits per heavy atom. The van der Waals surface area contributed by atoms with Gasteiger partial charge in [-0.25, -0.2) is 18.4 Å². The molecule has 0 radical (unpaired) electrons. The second kappa shape index (κ2) is 11.9. The minimum absolute atomic E-state index is 0.156. The minimum Gasteiger partial charge on any atom is -0.385 e. The third-order valence-corrected chi connectivity index (χ3v) is 7.30. The van der Waals surface area contributed by atoms with Crippen LogP contribution in [-0.2, 0) is 23.0 Å². The van der Waals surface area contributed by atoms with E-state index in [-0.39, 0.29) is 4.90 Å². The molecule has 0 aliphatic rings. The molecule has 8 nitrogen and oxygen atoms in total. The van der Waals surface area contributed by atoms with E-state index in [2.05, 4.69) is 48.4 Å². The van der Waals surface area contributed by atoms with E-state index < -0.39 is 10.0 Å². The fourth-order valence-corrected chi connectivity index (χ4v) is 4.92. The Kier molecular flexibility index (Phi) is 8.37. The van der Waals surface area contributed by atoms with Gasteiger partial charge in [0.1, 0.15) is 6.33 Å². The largest absolute Gasteiger partial charge is 0.385 e. The summed E-state index contributed by atoms with van der Waals surface area (Å²) < 4.78 is 28.9. The zero-order valence-corrected chi connectivity index (χ0v) is 23.2. The van der Waals surface area contributed by atoms with Gasteiger partial charge in [-0.3, -0.25) is 14.7 Å². The number of nitrogens with zero attached hydrogens (tertiary/aromatic N) is 4. The summed E-state index contributed by atoms with van der Waals surface area (Å²) in [4.78, 5) is 17.7. The van der Waals surface area contributed by atoms with Gasteiger partial charge >= 0.3 is 0 Å². The van der Waals surface area contributed by atoms with Gasteiger partial charge in [0, 0.05) is 41.5 Å².